The summed E-state index contributed by atoms with van der Waals surface area (Å²) >= 11 is 0. The van der Waals surface area contributed by atoms with Crippen LogP contribution in [0.1, 0.15) is 5.56 Å². The number of ether oxygens (including phenoxy) is 1. The maximum Gasteiger partial charge on any atom is 0.274 e. The Balaban J connectivity index is 1.87. The first-order valence-corrected chi connectivity index (χ1v) is 8.53. The van der Waals surface area contributed by atoms with Gasteiger partial charge in [-0.3, -0.25) is 0 Å². The van der Waals surface area contributed by atoms with Gasteiger partial charge in [-0.2, -0.15) is 13.1 Å². The Kier molecular flexibility index (Phi) is 4.08. The first-order valence-electron chi connectivity index (χ1n) is 6.98. The van der Waals surface area contributed by atoms with E-state index in [1.165, 1.54) is 0 Å². The molecule has 0 aliphatic rings. The zero-order chi connectivity index (χ0) is 16.4. The molecule has 3 N–H and O–H groups in total. The van der Waals surface area contributed by atoms with Gasteiger partial charge in [-0.25, -0.2) is 5.14 Å². The van der Waals surface area contributed by atoms with Crippen molar-refractivity contribution in [2.45, 2.75) is 6.54 Å². The first kappa shape index (κ1) is 15.5. The largest absolute Gasteiger partial charge is 0.497 e. The fraction of sp³-hybridized carbons (Fsp3) is 0.125. The second-order valence-corrected chi connectivity index (χ2v) is 6.52. The highest BCUT2D eigenvalue weighted by atomic mass is 32.2. The van der Waals surface area contributed by atoms with E-state index in [0.29, 0.717) is 0 Å². The van der Waals surface area contributed by atoms with Gasteiger partial charge in [0.25, 0.3) is 10.2 Å². The van der Waals surface area contributed by atoms with E-state index >= 15 is 0 Å². The van der Waals surface area contributed by atoms with Crippen LogP contribution in [0.2, 0.25) is 0 Å². The average Bonchev–Trinajstić information content (AvgIpc) is 2.95. The molecule has 1 aromatic heterocycles. The standard InChI is InChI=1S/C16H17N3O3S/c1-22-15-6-7-16-13(10-15)8-9-19(16)14-4-2-12(3-5-14)11-18-23(17,20)21/h2-10,18H,11H2,1H3,(H2,17,20,21). The molecule has 0 saturated carbocycles. The van der Waals surface area contributed by atoms with Gasteiger partial charge in [0.2, 0.25) is 0 Å². The quantitative estimate of drug-likeness (QED) is 0.749. The third-order valence-electron chi connectivity index (χ3n) is 3.59. The summed E-state index contributed by atoms with van der Waals surface area (Å²) in [5.74, 6) is 0.819. The summed E-state index contributed by atoms with van der Waals surface area (Å²) in [6.45, 7) is 0.169. The van der Waals surface area contributed by atoms with Gasteiger partial charge in [0.1, 0.15) is 5.75 Å². The zero-order valence-electron chi connectivity index (χ0n) is 12.6. The van der Waals surface area contributed by atoms with Crippen LogP contribution >= 0.6 is 0 Å². The molecule has 0 aliphatic heterocycles. The Bertz CT molecular complexity index is 931. The van der Waals surface area contributed by atoms with Gasteiger partial charge >= 0.3 is 0 Å². The highest BCUT2D eigenvalue weighted by Crippen LogP contribution is 2.24. The lowest BCUT2D eigenvalue weighted by molar-refractivity contribution is 0.415. The predicted molar refractivity (Wildman–Crippen MR) is 89.8 cm³/mol. The molecule has 6 nitrogen and oxygen atoms in total. The summed E-state index contributed by atoms with van der Waals surface area (Å²) in [4.78, 5) is 0. The van der Waals surface area contributed by atoms with E-state index in [4.69, 9.17) is 9.88 Å². The van der Waals surface area contributed by atoms with E-state index in [9.17, 15) is 8.42 Å². The number of aromatic nitrogens is 1. The number of fused-ring (bicyclic) bond motifs is 1. The van der Waals surface area contributed by atoms with Gasteiger partial charge in [-0.15, -0.1) is 0 Å². The number of nitrogens with one attached hydrogen (secondary N) is 1. The Labute approximate surface area is 134 Å². The van der Waals surface area contributed by atoms with Gasteiger partial charge in [0, 0.05) is 23.8 Å². The molecule has 0 aliphatic carbocycles. The van der Waals surface area contributed by atoms with Gasteiger partial charge in [-0.1, -0.05) is 12.1 Å². The van der Waals surface area contributed by atoms with Crippen LogP contribution < -0.4 is 14.6 Å². The van der Waals surface area contributed by atoms with Crippen molar-refractivity contribution in [2.24, 2.45) is 5.14 Å². The zero-order valence-corrected chi connectivity index (χ0v) is 13.4. The maximum absolute atomic E-state index is 10.9. The lowest BCUT2D eigenvalue weighted by atomic mass is 10.2. The number of nitrogens with zero attached hydrogens (tertiary/aromatic N) is 1. The van der Waals surface area contributed by atoms with Crippen LogP contribution in [0.3, 0.4) is 0 Å². The first-order chi connectivity index (χ1) is 11.0. The van der Waals surface area contributed by atoms with Crippen LogP contribution in [0, 0.1) is 0 Å². The fourth-order valence-corrected chi connectivity index (χ4v) is 2.80. The summed E-state index contributed by atoms with van der Waals surface area (Å²) in [5.41, 5.74) is 2.90. The van der Waals surface area contributed by atoms with Crippen LogP contribution in [0.4, 0.5) is 0 Å². The minimum atomic E-state index is -3.68. The van der Waals surface area contributed by atoms with Crippen LogP contribution in [0.15, 0.2) is 54.7 Å². The van der Waals surface area contributed by atoms with Crippen molar-refractivity contribution in [1.82, 2.24) is 9.29 Å². The molecule has 0 bridgehead atoms. The third-order valence-corrected chi connectivity index (χ3v) is 4.14. The van der Waals surface area contributed by atoms with Crippen LogP contribution in [0.5, 0.6) is 5.75 Å². The molecule has 0 amide bonds. The van der Waals surface area contributed by atoms with E-state index in [2.05, 4.69) is 9.29 Å². The highest BCUT2D eigenvalue weighted by Gasteiger charge is 2.05. The summed E-state index contributed by atoms with van der Waals surface area (Å²) in [6.07, 6.45) is 1.99. The Morgan fingerprint density at radius 1 is 1.13 bits per heavy atom. The van der Waals surface area contributed by atoms with Gasteiger partial charge in [0.15, 0.2) is 0 Å². The molecule has 2 aromatic carbocycles. The molecule has 1 heterocycles. The molecule has 0 atom stereocenters. The Morgan fingerprint density at radius 2 is 1.87 bits per heavy atom. The molecule has 23 heavy (non-hydrogen) atoms. The molecule has 0 spiro atoms. The van der Waals surface area contributed by atoms with E-state index < -0.39 is 10.2 Å². The summed E-state index contributed by atoms with van der Waals surface area (Å²) in [6, 6.07) is 15.5. The summed E-state index contributed by atoms with van der Waals surface area (Å²) in [7, 11) is -2.03. The van der Waals surface area contributed by atoms with Gasteiger partial charge in [0.05, 0.1) is 12.6 Å². The summed E-state index contributed by atoms with van der Waals surface area (Å²) in [5, 5.41) is 6.01. The topological polar surface area (TPSA) is 86.3 Å². The average molecular weight is 331 g/mol. The number of methoxy groups -OCH3 is 1. The number of hydrogen-bond acceptors (Lipinski definition) is 3. The fourth-order valence-electron chi connectivity index (χ4n) is 2.43. The number of benzene rings is 2. The van der Waals surface area contributed by atoms with Crippen molar-refractivity contribution in [2.75, 3.05) is 7.11 Å². The molecule has 120 valence electrons. The number of nitrogens with two attached hydrogens (primary N) is 1. The lowest BCUT2D eigenvalue weighted by Crippen LogP contribution is -2.30. The minimum Gasteiger partial charge on any atom is -0.497 e. The SMILES string of the molecule is COc1ccc2c(ccn2-c2ccc(CNS(N)(=O)=O)cc2)c1. The van der Waals surface area contributed by atoms with Crippen molar-refractivity contribution < 1.29 is 13.2 Å². The Hall–Kier alpha value is -2.35. The molecule has 3 rings (SSSR count). The Morgan fingerprint density at radius 3 is 2.52 bits per heavy atom. The summed E-state index contributed by atoms with van der Waals surface area (Å²) < 4.78 is 31.4. The lowest BCUT2D eigenvalue weighted by Gasteiger charge is -2.08. The molecule has 7 heteroatoms. The van der Waals surface area contributed by atoms with Crippen LogP contribution in [-0.4, -0.2) is 20.1 Å². The normalized spacial score (nSPS) is 11.7. The maximum atomic E-state index is 10.9. The van der Waals surface area contributed by atoms with Crippen LogP contribution in [0.25, 0.3) is 16.6 Å². The van der Waals surface area contributed by atoms with Crippen molar-refractivity contribution in [3.8, 4) is 11.4 Å². The number of hydrogen-bond donors (Lipinski definition) is 2. The second-order valence-electron chi connectivity index (χ2n) is 5.14. The molecular formula is C16H17N3O3S. The van der Waals surface area contributed by atoms with E-state index in [1.54, 1.807) is 7.11 Å². The van der Waals surface area contributed by atoms with Gasteiger partial charge < -0.3 is 9.30 Å². The highest BCUT2D eigenvalue weighted by molar-refractivity contribution is 7.87. The predicted octanol–water partition coefficient (Wildman–Crippen LogP) is 1.93. The van der Waals surface area contributed by atoms with Gasteiger partial charge in [-0.05, 0) is 42.0 Å². The van der Waals surface area contributed by atoms with Crippen molar-refractivity contribution in [3.05, 3.63) is 60.3 Å². The van der Waals surface area contributed by atoms with Crippen molar-refractivity contribution in [1.29, 1.82) is 0 Å². The van der Waals surface area contributed by atoms with Crippen molar-refractivity contribution >= 4 is 21.1 Å². The molecule has 0 fully saturated rings. The number of rotatable bonds is 5. The monoisotopic (exact) mass is 331 g/mol. The molecular weight excluding hydrogens is 314 g/mol. The van der Waals surface area contributed by atoms with E-state index in [1.807, 2.05) is 54.7 Å². The van der Waals surface area contributed by atoms with Crippen molar-refractivity contribution in [3.63, 3.8) is 0 Å². The molecule has 0 saturated heterocycles. The minimum absolute atomic E-state index is 0.169. The molecule has 0 radical (unpaired) electrons. The molecule has 3 aromatic rings. The van der Waals surface area contributed by atoms with E-state index in [-0.39, 0.29) is 6.54 Å². The second kappa shape index (κ2) is 6.04. The van der Waals surface area contributed by atoms with E-state index in [0.717, 1.165) is 27.9 Å². The molecule has 0 unspecified atom stereocenters. The smallest absolute Gasteiger partial charge is 0.274 e. The third kappa shape index (κ3) is 3.53. The van der Waals surface area contributed by atoms with Crippen LogP contribution in [-0.2, 0) is 16.8 Å².